The normalized spacial score (nSPS) is 9.53. The Bertz CT molecular complexity index is 459. The third-order valence-electron chi connectivity index (χ3n) is 2.07. The van der Waals surface area contributed by atoms with Gasteiger partial charge in [-0.15, -0.1) is 6.42 Å². The van der Waals surface area contributed by atoms with E-state index in [0.717, 1.165) is 6.29 Å². The van der Waals surface area contributed by atoms with Crippen molar-refractivity contribution < 1.29 is 9.63 Å². The van der Waals surface area contributed by atoms with Crippen molar-refractivity contribution in [2.24, 2.45) is 0 Å². The highest BCUT2D eigenvalue weighted by molar-refractivity contribution is 5.51. The molecule has 0 spiro atoms. The smallest absolute Gasteiger partial charge is 0.256 e. The number of anilines is 3. The second-order valence-electron chi connectivity index (χ2n) is 3.40. The Morgan fingerprint density at radius 3 is 2.63 bits per heavy atom. The number of aromatic nitrogens is 3. The van der Waals surface area contributed by atoms with E-state index >= 15 is 0 Å². The fourth-order valence-corrected chi connectivity index (χ4v) is 1.12. The Morgan fingerprint density at radius 2 is 2.05 bits per heavy atom. The largest absolute Gasteiger partial charge is 0.354 e. The molecule has 1 rings (SSSR count). The molecule has 0 saturated carbocycles. The van der Waals surface area contributed by atoms with Crippen LogP contribution in [-0.2, 0) is 9.63 Å². The van der Waals surface area contributed by atoms with E-state index in [1.165, 1.54) is 12.2 Å². The van der Waals surface area contributed by atoms with Crippen molar-refractivity contribution in [1.29, 1.82) is 0 Å². The van der Waals surface area contributed by atoms with Crippen LogP contribution < -0.4 is 15.7 Å². The molecule has 8 nitrogen and oxygen atoms in total. The van der Waals surface area contributed by atoms with Crippen molar-refractivity contribution in [1.82, 2.24) is 15.0 Å². The highest BCUT2D eigenvalue weighted by Gasteiger charge is 2.09. The molecule has 0 saturated heterocycles. The summed E-state index contributed by atoms with van der Waals surface area (Å²) in [6.45, 7) is 0.742. The average Bonchev–Trinajstić information content (AvgIpc) is 2.44. The SMILES string of the molecule is C#CCNc1nc(NCCC=O)nc(N(C)OC)n1. The third kappa shape index (κ3) is 4.77. The van der Waals surface area contributed by atoms with Gasteiger partial charge in [-0.05, 0) is 0 Å². The Balaban J connectivity index is 2.88. The number of terminal acetylenes is 1. The number of hydrogen-bond acceptors (Lipinski definition) is 8. The summed E-state index contributed by atoms with van der Waals surface area (Å²) in [4.78, 5) is 27.7. The summed E-state index contributed by atoms with van der Waals surface area (Å²) in [5.74, 6) is 3.43. The minimum absolute atomic E-state index is 0.300. The first kappa shape index (κ1) is 14.7. The van der Waals surface area contributed by atoms with Crippen molar-refractivity contribution in [2.75, 3.05) is 42.9 Å². The zero-order valence-corrected chi connectivity index (χ0v) is 10.9. The van der Waals surface area contributed by atoms with Gasteiger partial charge in [-0.3, -0.25) is 4.84 Å². The molecule has 19 heavy (non-hydrogen) atoms. The van der Waals surface area contributed by atoms with Crippen LogP contribution in [0.25, 0.3) is 0 Å². The number of hydroxylamine groups is 1. The van der Waals surface area contributed by atoms with E-state index in [9.17, 15) is 4.79 Å². The lowest BCUT2D eigenvalue weighted by molar-refractivity contribution is -0.107. The standard InChI is InChI=1S/C11H16N6O2/c1-4-6-12-9-14-10(13-7-5-8-18)16-11(15-9)17(2)19-3/h1,8H,5-7H2,2-3H3,(H2,12,13,14,15,16). The highest BCUT2D eigenvalue weighted by atomic mass is 16.7. The number of rotatable bonds is 8. The third-order valence-corrected chi connectivity index (χ3v) is 2.07. The summed E-state index contributed by atoms with van der Waals surface area (Å²) >= 11 is 0. The second-order valence-corrected chi connectivity index (χ2v) is 3.40. The zero-order valence-electron chi connectivity index (χ0n) is 10.9. The van der Waals surface area contributed by atoms with Crippen molar-refractivity contribution in [3.05, 3.63) is 0 Å². The van der Waals surface area contributed by atoms with E-state index in [1.54, 1.807) is 7.05 Å². The number of carbonyl (C=O) groups is 1. The Morgan fingerprint density at radius 1 is 1.37 bits per heavy atom. The summed E-state index contributed by atoms with van der Waals surface area (Å²) in [5, 5.41) is 7.15. The van der Waals surface area contributed by atoms with Gasteiger partial charge in [0.1, 0.15) is 6.29 Å². The Kier molecular flexibility index (Phi) is 6.05. The van der Waals surface area contributed by atoms with E-state index in [1.807, 2.05) is 0 Å². The zero-order chi connectivity index (χ0) is 14.1. The number of carbonyl (C=O) groups excluding carboxylic acids is 1. The molecule has 0 amide bonds. The number of aldehydes is 1. The minimum atomic E-state index is 0.300. The molecule has 0 aliphatic rings. The fourth-order valence-electron chi connectivity index (χ4n) is 1.12. The lowest BCUT2D eigenvalue weighted by Crippen LogP contribution is -2.20. The van der Waals surface area contributed by atoms with Gasteiger partial charge in [0.2, 0.25) is 11.9 Å². The molecule has 0 fully saturated rings. The summed E-state index contributed by atoms with van der Waals surface area (Å²) in [7, 11) is 3.16. The Labute approximate surface area is 111 Å². The molecule has 2 N–H and O–H groups in total. The van der Waals surface area contributed by atoms with Gasteiger partial charge in [-0.25, -0.2) is 5.06 Å². The van der Waals surface area contributed by atoms with E-state index in [4.69, 9.17) is 11.3 Å². The average molecular weight is 264 g/mol. The van der Waals surface area contributed by atoms with Gasteiger partial charge in [0.15, 0.2) is 0 Å². The molecule has 8 heteroatoms. The lowest BCUT2D eigenvalue weighted by atomic mass is 10.5. The maximum Gasteiger partial charge on any atom is 0.256 e. The number of nitrogens with one attached hydrogen (secondary N) is 2. The maximum atomic E-state index is 10.3. The topological polar surface area (TPSA) is 92.3 Å². The highest BCUT2D eigenvalue weighted by Crippen LogP contribution is 2.12. The molecule has 0 aliphatic carbocycles. The summed E-state index contributed by atoms with van der Waals surface area (Å²) in [5.41, 5.74) is 0. The molecule has 0 bridgehead atoms. The molecular formula is C11H16N6O2. The number of nitrogens with zero attached hydrogens (tertiary/aromatic N) is 4. The van der Waals surface area contributed by atoms with Gasteiger partial charge in [0.25, 0.3) is 5.95 Å². The predicted molar refractivity (Wildman–Crippen MR) is 71.7 cm³/mol. The van der Waals surface area contributed by atoms with E-state index in [0.29, 0.717) is 37.4 Å². The molecule has 0 aromatic carbocycles. The second kappa shape index (κ2) is 7.84. The van der Waals surface area contributed by atoms with Crippen LogP contribution in [0.5, 0.6) is 0 Å². The molecule has 1 aromatic heterocycles. The fraction of sp³-hybridized carbons (Fsp3) is 0.455. The van der Waals surface area contributed by atoms with E-state index in [-0.39, 0.29) is 0 Å². The van der Waals surface area contributed by atoms with Crippen LogP contribution in [0.1, 0.15) is 6.42 Å². The minimum Gasteiger partial charge on any atom is -0.354 e. The summed E-state index contributed by atoms with van der Waals surface area (Å²) < 4.78 is 0. The van der Waals surface area contributed by atoms with Crippen LogP contribution in [0.3, 0.4) is 0 Å². The molecule has 0 aliphatic heterocycles. The molecule has 1 heterocycles. The van der Waals surface area contributed by atoms with Crippen LogP contribution >= 0.6 is 0 Å². The monoisotopic (exact) mass is 264 g/mol. The first-order valence-electron chi connectivity index (χ1n) is 5.60. The van der Waals surface area contributed by atoms with Crippen LogP contribution in [0.15, 0.2) is 0 Å². The quantitative estimate of drug-likeness (QED) is 0.291. The lowest BCUT2D eigenvalue weighted by Gasteiger charge is -2.15. The number of hydrogen-bond donors (Lipinski definition) is 2. The summed E-state index contributed by atoms with van der Waals surface area (Å²) in [6, 6.07) is 0. The van der Waals surface area contributed by atoms with E-state index < -0.39 is 0 Å². The van der Waals surface area contributed by atoms with Gasteiger partial charge < -0.3 is 15.4 Å². The first-order chi connectivity index (χ1) is 9.21. The molecule has 102 valence electrons. The van der Waals surface area contributed by atoms with Gasteiger partial charge in [0.05, 0.1) is 13.7 Å². The first-order valence-corrected chi connectivity index (χ1v) is 5.60. The van der Waals surface area contributed by atoms with Crippen molar-refractivity contribution >= 4 is 24.1 Å². The van der Waals surface area contributed by atoms with Gasteiger partial charge in [0, 0.05) is 20.0 Å². The van der Waals surface area contributed by atoms with Crippen LogP contribution in [0, 0.1) is 12.3 Å². The predicted octanol–water partition coefficient (Wildman–Crippen LogP) is -0.0848. The van der Waals surface area contributed by atoms with Crippen molar-refractivity contribution in [3.63, 3.8) is 0 Å². The van der Waals surface area contributed by atoms with Crippen LogP contribution in [0.4, 0.5) is 17.8 Å². The van der Waals surface area contributed by atoms with Gasteiger partial charge >= 0.3 is 0 Å². The molecule has 0 atom stereocenters. The molecule has 1 aromatic rings. The van der Waals surface area contributed by atoms with Gasteiger partial charge in [-0.1, -0.05) is 5.92 Å². The maximum absolute atomic E-state index is 10.3. The van der Waals surface area contributed by atoms with Crippen molar-refractivity contribution in [2.45, 2.75) is 6.42 Å². The molecule has 0 unspecified atom stereocenters. The van der Waals surface area contributed by atoms with Crippen molar-refractivity contribution in [3.8, 4) is 12.3 Å². The Hall–Kier alpha value is -2.40. The molecular weight excluding hydrogens is 248 g/mol. The van der Waals surface area contributed by atoms with Crippen LogP contribution in [-0.4, -0.2) is 48.5 Å². The van der Waals surface area contributed by atoms with Gasteiger partial charge in [-0.2, -0.15) is 15.0 Å². The molecule has 0 radical (unpaired) electrons. The summed E-state index contributed by atoms with van der Waals surface area (Å²) in [6.07, 6.45) is 6.35. The van der Waals surface area contributed by atoms with E-state index in [2.05, 4.69) is 31.5 Å². The van der Waals surface area contributed by atoms with Crippen LogP contribution in [0.2, 0.25) is 0 Å².